The van der Waals surface area contributed by atoms with Gasteiger partial charge in [0, 0.05) is 24.0 Å². The molecule has 0 radical (unpaired) electrons. The van der Waals surface area contributed by atoms with Crippen LogP contribution in [0.5, 0.6) is 0 Å². The van der Waals surface area contributed by atoms with Crippen LogP contribution in [0.1, 0.15) is 30.7 Å². The maximum Gasteiger partial charge on any atom is 0.403 e. The van der Waals surface area contributed by atoms with Crippen molar-refractivity contribution in [1.82, 2.24) is 10.2 Å². The maximum absolute atomic E-state index is 13.1. The summed E-state index contributed by atoms with van der Waals surface area (Å²) < 4.78 is 39.4. The second-order valence-electron chi connectivity index (χ2n) is 5.86. The number of nitrogens with one attached hydrogen (secondary N) is 1. The van der Waals surface area contributed by atoms with Gasteiger partial charge in [0.1, 0.15) is 5.41 Å². The van der Waals surface area contributed by atoms with Crippen LogP contribution < -0.4 is 5.32 Å². The first-order chi connectivity index (χ1) is 9.85. The van der Waals surface area contributed by atoms with Crippen molar-refractivity contribution in [2.45, 2.75) is 38.0 Å². The minimum absolute atomic E-state index is 0.0738. The van der Waals surface area contributed by atoms with Crippen LogP contribution in [0.3, 0.4) is 0 Å². The standard InChI is InChI=1S/C14H17F3N2OS/c1-9-7-18-10(11-3-2-6-21-11)8-19(9)12(20)13(4-5-13)14(15,16)17/h2-3,6,9-10,18H,4-5,7-8H2,1H3. The first-order valence-corrected chi connectivity index (χ1v) is 7.88. The number of carbonyl (C=O) groups is 1. The molecule has 3 nitrogen and oxygen atoms in total. The third-order valence-electron chi connectivity index (χ3n) is 4.42. The number of nitrogens with zero attached hydrogens (tertiary/aromatic N) is 1. The molecule has 1 saturated carbocycles. The molecule has 0 bridgehead atoms. The molecule has 3 rings (SSSR count). The number of thiophene rings is 1. The molecule has 2 atom stereocenters. The summed E-state index contributed by atoms with van der Waals surface area (Å²) in [6.45, 7) is 2.61. The zero-order chi connectivity index (χ0) is 15.3. The highest BCUT2D eigenvalue weighted by Gasteiger charge is 2.69. The SMILES string of the molecule is CC1CNC(c2cccs2)CN1C(=O)C1(C(F)(F)F)CC1. The third-order valence-corrected chi connectivity index (χ3v) is 5.41. The predicted molar refractivity (Wildman–Crippen MR) is 74.0 cm³/mol. The van der Waals surface area contributed by atoms with E-state index in [1.807, 2.05) is 17.5 Å². The van der Waals surface area contributed by atoms with Crippen molar-refractivity contribution in [1.29, 1.82) is 0 Å². The molecule has 21 heavy (non-hydrogen) atoms. The lowest BCUT2D eigenvalue weighted by atomic mass is 10.0. The number of amides is 1. The second kappa shape index (κ2) is 4.98. The highest BCUT2D eigenvalue weighted by molar-refractivity contribution is 7.10. The van der Waals surface area contributed by atoms with E-state index in [2.05, 4.69) is 5.32 Å². The first kappa shape index (κ1) is 14.8. The molecule has 1 N–H and O–H groups in total. The highest BCUT2D eigenvalue weighted by atomic mass is 32.1. The Morgan fingerprint density at radius 2 is 2.19 bits per heavy atom. The number of hydrogen-bond acceptors (Lipinski definition) is 3. The summed E-state index contributed by atoms with van der Waals surface area (Å²) in [6, 6.07) is 3.56. The van der Waals surface area contributed by atoms with E-state index in [1.165, 1.54) is 4.90 Å². The molecule has 1 amide bonds. The summed E-state index contributed by atoms with van der Waals surface area (Å²) in [5.41, 5.74) is -2.11. The van der Waals surface area contributed by atoms with Crippen molar-refractivity contribution in [3.8, 4) is 0 Å². The molecule has 0 spiro atoms. The van der Waals surface area contributed by atoms with Crippen molar-refractivity contribution in [2.75, 3.05) is 13.1 Å². The van der Waals surface area contributed by atoms with E-state index in [4.69, 9.17) is 0 Å². The monoisotopic (exact) mass is 318 g/mol. The normalized spacial score (nSPS) is 28.5. The molecule has 1 aliphatic heterocycles. The van der Waals surface area contributed by atoms with Crippen LogP contribution in [0.4, 0.5) is 13.2 Å². The third kappa shape index (κ3) is 2.46. The molecule has 0 aromatic carbocycles. The smallest absolute Gasteiger partial charge is 0.336 e. The average Bonchev–Trinajstić information content (AvgIpc) is 3.08. The van der Waals surface area contributed by atoms with E-state index >= 15 is 0 Å². The number of halogens is 3. The van der Waals surface area contributed by atoms with E-state index < -0.39 is 17.5 Å². The van der Waals surface area contributed by atoms with Crippen LogP contribution in [0.25, 0.3) is 0 Å². The van der Waals surface area contributed by atoms with Gasteiger partial charge in [-0.3, -0.25) is 4.79 Å². The summed E-state index contributed by atoms with van der Waals surface area (Å²) in [5.74, 6) is -0.745. The quantitative estimate of drug-likeness (QED) is 0.909. The molecule has 1 aliphatic carbocycles. The molecule has 7 heteroatoms. The van der Waals surface area contributed by atoms with Gasteiger partial charge in [-0.05, 0) is 31.2 Å². The van der Waals surface area contributed by atoms with E-state index in [0.717, 1.165) is 4.88 Å². The topological polar surface area (TPSA) is 32.3 Å². The van der Waals surface area contributed by atoms with E-state index in [0.29, 0.717) is 13.1 Å². The molecule has 2 fully saturated rings. The van der Waals surface area contributed by atoms with Gasteiger partial charge in [-0.25, -0.2) is 0 Å². The number of hydrogen-bond donors (Lipinski definition) is 1. The minimum Gasteiger partial charge on any atom is -0.336 e. The fourth-order valence-corrected chi connectivity index (χ4v) is 3.64. The van der Waals surface area contributed by atoms with Gasteiger partial charge in [0.15, 0.2) is 0 Å². The largest absolute Gasteiger partial charge is 0.403 e. The Balaban J connectivity index is 1.79. The molecular weight excluding hydrogens is 301 g/mol. The minimum atomic E-state index is -4.44. The lowest BCUT2D eigenvalue weighted by molar-refractivity contribution is -0.200. The Bertz CT molecular complexity index is 525. The average molecular weight is 318 g/mol. The van der Waals surface area contributed by atoms with E-state index in [9.17, 15) is 18.0 Å². The Morgan fingerprint density at radius 3 is 2.71 bits per heavy atom. The molecule has 2 aliphatic rings. The van der Waals surface area contributed by atoms with E-state index in [-0.39, 0.29) is 24.9 Å². The van der Waals surface area contributed by atoms with Gasteiger partial charge in [0.2, 0.25) is 5.91 Å². The number of piperazine rings is 1. The fraction of sp³-hybridized carbons (Fsp3) is 0.643. The number of alkyl halides is 3. The lowest BCUT2D eigenvalue weighted by Gasteiger charge is -2.40. The molecule has 116 valence electrons. The highest BCUT2D eigenvalue weighted by Crippen LogP contribution is 2.59. The van der Waals surface area contributed by atoms with Crippen molar-refractivity contribution in [3.63, 3.8) is 0 Å². The summed E-state index contributed by atoms with van der Waals surface area (Å²) >= 11 is 1.55. The lowest BCUT2D eigenvalue weighted by Crippen LogP contribution is -2.57. The van der Waals surface area contributed by atoms with Crippen molar-refractivity contribution >= 4 is 17.2 Å². The van der Waals surface area contributed by atoms with Gasteiger partial charge in [-0.2, -0.15) is 13.2 Å². The molecule has 1 aromatic rings. The Morgan fingerprint density at radius 1 is 1.48 bits per heavy atom. The fourth-order valence-electron chi connectivity index (χ4n) is 2.85. The van der Waals surface area contributed by atoms with Crippen LogP contribution in [-0.2, 0) is 4.79 Å². The molecule has 2 heterocycles. The van der Waals surface area contributed by atoms with Gasteiger partial charge in [-0.15, -0.1) is 11.3 Å². The van der Waals surface area contributed by atoms with E-state index in [1.54, 1.807) is 18.3 Å². The van der Waals surface area contributed by atoms with Crippen LogP contribution in [0, 0.1) is 5.41 Å². The van der Waals surface area contributed by atoms with Gasteiger partial charge in [-0.1, -0.05) is 6.07 Å². The number of rotatable bonds is 2. The van der Waals surface area contributed by atoms with Gasteiger partial charge >= 0.3 is 6.18 Å². The Labute approximate surface area is 125 Å². The molecular formula is C14H17F3N2OS. The van der Waals surface area contributed by atoms with Crippen molar-refractivity contribution < 1.29 is 18.0 Å². The first-order valence-electron chi connectivity index (χ1n) is 7.00. The zero-order valence-electron chi connectivity index (χ0n) is 11.6. The molecule has 1 aromatic heterocycles. The van der Waals surface area contributed by atoms with Crippen molar-refractivity contribution in [2.24, 2.45) is 5.41 Å². The summed E-state index contributed by atoms with van der Waals surface area (Å²) in [6.07, 6.45) is -4.58. The van der Waals surface area contributed by atoms with Crippen LogP contribution in [0.2, 0.25) is 0 Å². The second-order valence-corrected chi connectivity index (χ2v) is 6.84. The Kier molecular flexibility index (Phi) is 3.52. The Hall–Kier alpha value is -1.08. The summed E-state index contributed by atoms with van der Waals surface area (Å²) in [7, 11) is 0. The summed E-state index contributed by atoms with van der Waals surface area (Å²) in [4.78, 5) is 14.9. The maximum atomic E-state index is 13.1. The zero-order valence-corrected chi connectivity index (χ0v) is 12.4. The van der Waals surface area contributed by atoms with Gasteiger partial charge in [0.05, 0.1) is 6.04 Å². The molecule has 2 unspecified atom stereocenters. The van der Waals surface area contributed by atoms with Crippen molar-refractivity contribution in [3.05, 3.63) is 22.4 Å². The van der Waals surface area contributed by atoms with Gasteiger partial charge < -0.3 is 10.2 Å². The molecule has 1 saturated heterocycles. The van der Waals surface area contributed by atoms with Crippen LogP contribution >= 0.6 is 11.3 Å². The van der Waals surface area contributed by atoms with Crippen LogP contribution in [0.15, 0.2) is 17.5 Å². The van der Waals surface area contributed by atoms with Crippen LogP contribution in [-0.4, -0.2) is 36.1 Å². The summed E-state index contributed by atoms with van der Waals surface area (Å²) in [5, 5.41) is 5.23. The van der Waals surface area contributed by atoms with Gasteiger partial charge in [0.25, 0.3) is 0 Å². The predicted octanol–water partition coefficient (Wildman–Crippen LogP) is 2.95. The number of carbonyl (C=O) groups excluding carboxylic acids is 1.